The molecule has 2 aromatic heterocycles. The molecule has 1 saturated heterocycles. The number of ether oxygens (including phenoxy) is 2. The summed E-state index contributed by atoms with van der Waals surface area (Å²) >= 11 is 0. The first-order chi connectivity index (χ1) is 20.1. The molecule has 0 aliphatic carbocycles. The van der Waals surface area contributed by atoms with E-state index in [1.165, 1.54) is 23.1 Å². The molecule has 218 valence electrons. The number of amidine groups is 1. The second-order valence-corrected chi connectivity index (χ2v) is 9.55. The molecular formula is C28H27F2N7O5. The van der Waals surface area contributed by atoms with Crippen LogP contribution < -0.4 is 20.1 Å². The molecule has 0 saturated carbocycles. The Labute approximate surface area is 238 Å². The number of benzene rings is 2. The Bertz CT molecular complexity index is 1650. The molecule has 0 spiro atoms. The number of nitrogens with one attached hydrogen (secondary N) is 1. The van der Waals surface area contributed by atoms with Gasteiger partial charge in [-0.3, -0.25) is 15.1 Å². The molecule has 12 nitrogen and oxygen atoms in total. The second kappa shape index (κ2) is 11.7. The standard InChI is InChI=1S/C28H27F2N7O5/c1-35-8-7-33-26(35)17-3-2-4-18(13-17)41-27-22(29)24(37-11-9-36(10-12-37)15-21(39)40)23(30)28(34-27)42-20-14-16(25(31)32)5-6-19(20)38/h2-8,13-14,38H,9-12,15H2,1H3,(H3,31,32)(H,39,40). The zero-order valence-corrected chi connectivity index (χ0v) is 22.4. The van der Waals surface area contributed by atoms with E-state index in [1.807, 2.05) is 7.05 Å². The molecule has 14 heteroatoms. The number of piperazine rings is 1. The van der Waals surface area contributed by atoms with E-state index in [-0.39, 0.29) is 61.4 Å². The quantitative estimate of drug-likeness (QED) is 0.170. The number of anilines is 1. The van der Waals surface area contributed by atoms with Gasteiger partial charge in [-0.1, -0.05) is 12.1 Å². The van der Waals surface area contributed by atoms with Crippen molar-refractivity contribution >= 4 is 17.5 Å². The van der Waals surface area contributed by atoms with E-state index in [1.54, 1.807) is 46.1 Å². The zero-order chi connectivity index (χ0) is 30.0. The Morgan fingerprint density at radius 1 is 1.07 bits per heavy atom. The summed E-state index contributed by atoms with van der Waals surface area (Å²) in [7, 11) is 1.82. The molecule has 0 bridgehead atoms. The number of hydrogen-bond acceptors (Lipinski definition) is 9. The van der Waals surface area contributed by atoms with Crippen LogP contribution in [0.4, 0.5) is 14.5 Å². The highest BCUT2D eigenvalue weighted by Gasteiger charge is 2.30. The maximum absolute atomic E-state index is 16.0. The second-order valence-electron chi connectivity index (χ2n) is 9.55. The van der Waals surface area contributed by atoms with Crippen molar-refractivity contribution in [2.45, 2.75) is 0 Å². The molecule has 0 atom stereocenters. The number of carboxylic acids is 1. The number of phenolic OH excluding ortho intramolecular Hbond substituents is 1. The Balaban J connectivity index is 1.54. The van der Waals surface area contributed by atoms with Crippen molar-refractivity contribution in [1.29, 1.82) is 5.41 Å². The lowest BCUT2D eigenvalue weighted by Crippen LogP contribution is -2.48. The summed E-state index contributed by atoms with van der Waals surface area (Å²) in [6, 6.07) is 10.5. The minimum atomic E-state index is -1.15. The first-order valence-electron chi connectivity index (χ1n) is 12.8. The number of rotatable bonds is 9. The highest BCUT2D eigenvalue weighted by molar-refractivity contribution is 5.95. The minimum Gasteiger partial charge on any atom is -0.504 e. The number of nitrogens with zero attached hydrogens (tertiary/aromatic N) is 5. The lowest BCUT2D eigenvalue weighted by atomic mass is 10.2. The van der Waals surface area contributed by atoms with Crippen molar-refractivity contribution in [3.63, 3.8) is 0 Å². The molecule has 2 aromatic carbocycles. The number of pyridine rings is 1. The Morgan fingerprint density at radius 3 is 2.43 bits per heavy atom. The molecule has 4 aromatic rings. The third-order valence-corrected chi connectivity index (χ3v) is 6.65. The molecule has 3 heterocycles. The number of halogens is 2. The molecule has 42 heavy (non-hydrogen) atoms. The fourth-order valence-corrected chi connectivity index (χ4v) is 4.54. The number of nitrogen functional groups attached to an aromatic ring is 1. The van der Waals surface area contributed by atoms with Gasteiger partial charge >= 0.3 is 5.97 Å². The molecule has 0 unspecified atom stereocenters. The number of aromatic hydroxyl groups is 1. The van der Waals surface area contributed by atoms with Gasteiger partial charge in [0.25, 0.3) is 11.8 Å². The largest absolute Gasteiger partial charge is 0.504 e. The van der Waals surface area contributed by atoms with Crippen LogP contribution >= 0.6 is 0 Å². The van der Waals surface area contributed by atoms with Gasteiger partial charge in [0, 0.05) is 56.7 Å². The van der Waals surface area contributed by atoms with Crippen molar-refractivity contribution in [2.24, 2.45) is 12.8 Å². The van der Waals surface area contributed by atoms with Gasteiger partial charge in [-0.15, -0.1) is 0 Å². The third kappa shape index (κ3) is 5.93. The Morgan fingerprint density at radius 2 is 1.79 bits per heavy atom. The fraction of sp³-hybridized carbons (Fsp3) is 0.214. The summed E-state index contributed by atoms with van der Waals surface area (Å²) < 4.78 is 45.1. The predicted octanol–water partition coefficient (Wildman–Crippen LogP) is 3.54. The zero-order valence-electron chi connectivity index (χ0n) is 22.4. The first-order valence-corrected chi connectivity index (χ1v) is 12.8. The molecular weight excluding hydrogens is 552 g/mol. The summed E-state index contributed by atoms with van der Waals surface area (Å²) in [5.74, 6) is -4.66. The molecule has 0 radical (unpaired) electrons. The van der Waals surface area contributed by atoms with Crippen LogP contribution in [0, 0.1) is 17.0 Å². The fourth-order valence-electron chi connectivity index (χ4n) is 4.54. The van der Waals surface area contributed by atoms with E-state index in [9.17, 15) is 9.90 Å². The van der Waals surface area contributed by atoms with Crippen LogP contribution in [0.5, 0.6) is 29.0 Å². The van der Waals surface area contributed by atoms with Crippen LogP contribution in [0.1, 0.15) is 5.56 Å². The van der Waals surface area contributed by atoms with E-state index in [4.69, 9.17) is 25.7 Å². The summed E-state index contributed by atoms with van der Waals surface area (Å²) in [5, 5.41) is 27.1. The van der Waals surface area contributed by atoms with Crippen molar-refractivity contribution in [3.8, 4) is 40.4 Å². The van der Waals surface area contributed by atoms with Gasteiger partial charge in [-0.2, -0.15) is 13.8 Å². The van der Waals surface area contributed by atoms with E-state index in [2.05, 4.69) is 9.97 Å². The van der Waals surface area contributed by atoms with E-state index >= 15 is 8.78 Å². The number of aromatic nitrogens is 3. The summed E-state index contributed by atoms with van der Waals surface area (Å²) in [6.45, 7) is 0.517. The molecule has 1 aliphatic heterocycles. The Kier molecular flexibility index (Phi) is 7.88. The molecule has 5 rings (SSSR count). The number of imidazole rings is 1. The van der Waals surface area contributed by atoms with Gasteiger partial charge in [0.05, 0.1) is 6.54 Å². The van der Waals surface area contributed by atoms with Crippen molar-refractivity contribution < 1.29 is 33.3 Å². The number of phenols is 1. The number of aryl methyl sites for hydroxylation is 1. The average molecular weight is 580 g/mol. The van der Waals surface area contributed by atoms with Gasteiger partial charge in [0.1, 0.15) is 23.1 Å². The number of nitrogens with two attached hydrogens (primary N) is 1. The van der Waals surface area contributed by atoms with Gasteiger partial charge in [0.15, 0.2) is 11.5 Å². The molecule has 1 fully saturated rings. The maximum atomic E-state index is 16.0. The number of carboxylic acid groups (broad SMARTS) is 1. The first kappa shape index (κ1) is 28.3. The van der Waals surface area contributed by atoms with E-state index < -0.39 is 35.1 Å². The highest BCUT2D eigenvalue weighted by Crippen LogP contribution is 2.40. The molecule has 0 amide bonds. The smallest absolute Gasteiger partial charge is 0.317 e. The van der Waals surface area contributed by atoms with Crippen LogP contribution in [0.3, 0.4) is 0 Å². The third-order valence-electron chi connectivity index (χ3n) is 6.65. The Hall–Kier alpha value is -5.24. The monoisotopic (exact) mass is 579 g/mol. The SMILES string of the molecule is Cn1ccnc1-c1cccc(Oc2nc(Oc3cc(C(=N)N)ccc3O)c(F)c(N3CCN(CC(=O)O)CC3)c2F)c1. The number of carbonyl (C=O) groups is 1. The van der Waals surface area contributed by atoms with Gasteiger partial charge in [0.2, 0.25) is 11.6 Å². The van der Waals surface area contributed by atoms with Gasteiger partial charge in [-0.05, 0) is 30.3 Å². The number of aliphatic carboxylic acids is 1. The summed E-state index contributed by atoms with van der Waals surface area (Å²) in [5.41, 5.74) is 5.94. The summed E-state index contributed by atoms with van der Waals surface area (Å²) in [4.78, 5) is 22.5. The lowest BCUT2D eigenvalue weighted by Gasteiger charge is -2.35. The normalized spacial score (nSPS) is 13.6. The van der Waals surface area contributed by atoms with Crippen LogP contribution in [-0.4, -0.2) is 74.2 Å². The van der Waals surface area contributed by atoms with Gasteiger partial charge < -0.3 is 34.9 Å². The number of hydrogen-bond donors (Lipinski definition) is 4. The maximum Gasteiger partial charge on any atom is 0.317 e. The van der Waals surface area contributed by atoms with Crippen LogP contribution in [0.15, 0.2) is 54.9 Å². The predicted molar refractivity (Wildman–Crippen MR) is 148 cm³/mol. The highest BCUT2D eigenvalue weighted by atomic mass is 19.1. The lowest BCUT2D eigenvalue weighted by molar-refractivity contribution is -0.138. The van der Waals surface area contributed by atoms with Crippen molar-refractivity contribution in [2.75, 3.05) is 37.6 Å². The van der Waals surface area contributed by atoms with E-state index in [0.29, 0.717) is 11.4 Å². The van der Waals surface area contributed by atoms with Gasteiger partial charge in [-0.25, -0.2) is 4.98 Å². The molecule has 5 N–H and O–H groups in total. The van der Waals surface area contributed by atoms with Crippen LogP contribution in [0.2, 0.25) is 0 Å². The topological polar surface area (TPSA) is 163 Å². The van der Waals surface area contributed by atoms with Crippen LogP contribution in [-0.2, 0) is 11.8 Å². The van der Waals surface area contributed by atoms with Crippen molar-refractivity contribution in [3.05, 3.63) is 72.1 Å². The molecule has 1 aliphatic rings. The average Bonchev–Trinajstić information content (AvgIpc) is 3.39. The van der Waals surface area contributed by atoms with Crippen molar-refractivity contribution in [1.82, 2.24) is 19.4 Å². The summed E-state index contributed by atoms with van der Waals surface area (Å²) in [6.07, 6.45) is 3.40. The van der Waals surface area contributed by atoms with E-state index in [0.717, 1.165) is 0 Å². The van der Waals surface area contributed by atoms with Crippen LogP contribution in [0.25, 0.3) is 11.4 Å². The minimum absolute atomic E-state index is 0.115.